The Kier molecular flexibility index (Phi) is 6.75. The normalized spacial score (nSPS) is 10.7. The van der Waals surface area contributed by atoms with Gasteiger partial charge in [-0.2, -0.15) is 0 Å². The summed E-state index contributed by atoms with van der Waals surface area (Å²) in [5.74, 6) is -0.299. The van der Waals surface area contributed by atoms with Gasteiger partial charge in [0, 0.05) is 29.8 Å². The summed E-state index contributed by atoms with van der Waals surface area (Å²) in [5.41, 5.74) is 1.47. The fraction of sp³-hybridized carbons (Fsp3) is 0.278. The monoisotopic (exact) mass is 393 g/mol. The summed E-state index contributed by atoms with van der Waals surface area (Å²) in [4.78, 5) is 16.3. The minimum atomic E-state index is -0.299. The van der Waals surface area contributed by atoms with Crippen molar-refractivity contribution in [1.82, 2.24) is 9.80 Å². The molecule has 2 aromatic carbocycles. The second-order valence-electron chi connectivity index (χ2n) is 5.80. The van der Waals surface area contributed by atoms with Crippen LogP contribution in [0.5, 0.6) is 0 Å². The fourth-order valence-electron chi connectivity index (χ4n) is 2.20. The Hall–Kier alpha value is -1.92. The van der Waals surface area contributed by atoms with E-state index < -0.39 is 0 Å². The van der Waals surface area contributed by atoms with Gasteiger partial charge in [0.15, 0.2) is 0 Å². The summed E-state index contributed by atoms with van der Waals surface area (Å²) in [6.45, 7) is 1.62. The van der Waals surface area contributed by atoms with Gasteiger partial charge in [0.05, 0.1) is 0 Å². The molecule has 1 N–H and O–H groups in total. The Morgan fingerprint density at radius 2 is 1.88 bits per heavy atom. The number of anilines is 1. The van der Waals surface area contributed by atoms with Gasteiger partial charge in [-0.3, -0.25) is 0 Å². The highest BCUT2D eigenvalue weighted by Gasteiger charge is 2.15. The van der Waals surface area contributed by atoms with Crippen LogP contribution < -0.4 is 5.32 Å². The number of likely N-dealkylation sites (N-methyl/N-ethyl adjacent to an activating group) is 1. The molecular weight excluding hydrogens is 373 g/mol. The van der Waals surface area contributed by atoms with Crippen LogP contribution in [0.4, 0.5) is 14.9 Å². The quantitative estimate of drug-likeness (QED) is 0.798. The predicted octanol–water partition coefficient (Wildman–Crippen LogP) is 4.18. The van der Waals surface area contributed by atoms with Crippen LogP contribution in [0.3, 0.4) is 0 Å². The molecule has 0 heterocycles. The number of carbonyl (C=O) groups is 1. The minimum absolute atomic E-state index is 0.209. The molecule has 0 saturated carbocycles. The lowest BCUT2D eigenvalue weighted by molar-refractivity contribution is 0.202. The average molecular weight is 394 g/mol. The molecule has 4 nitrogen and oxygen atoms in total. The van der Waals surface area contributed by atoms with Crippen molar-refractivity contribution in [3.8, 4) is 0 Å². The molecule has 0 aliphatic rings. The van der Waals surface area contributed by atoms with Crippen LogP contribution in [0.2, 0.25) is 0 Å². The number of nitrogens with one attached hydrogen (secondary N) is 1. The summed E-state index contributed by atoms with van der Waals surface area (Å²) in [7, 11) is 3.90. The topological polar surface area (TPSA) is 35.6 Å². The Labute approximate surface area is 150 Å². The van der Waals surface area contributed by atoms with Crippen molar-refractivity contribution in [2.75, 3.05) is 32.5 Å². The average Bonchev–Trinajstić information content (AvgIpc) is 2.51. The van der Waals surface area contributed by atoms with Crippen LogP contribution in [-0.2, 0) is 6.54 Å². The number of hydrogen-bond acceptors (Lipinski definition) is 2. The van der Waals surface area contributed by atoms with E-state index in [1.165, 1.54) is 12.1 Å². The summed E-state index contributed by atoms with van der Waals surface area (Å²) in [6, 6.07) is 13.5. The lowest BCUT2D eigenvalue weighted by Gasteiger charge is -2.25. The van der Waals surface area contributed by atoms with Gasteiger partial charge < -0.3 is 15.1 Å². The van der Waals surface area contributed by atoms with Crippen LogP contribution in [0.15, 0.2) is 53.0 Å². The Morgan fingerprint density at radius 1 is 1.12 bits per heavy atom. The van der Waals surface area contributed by atoms with Gasteiger partial charge in [-0.05, 0) is 50.0 Å². The van der Waals surface area contributed by atoms with Gasteiger partial charge in [-0.15, -0.1) is 0 Å². The van der Waals surface area contributed by atoms with Crippen LogP contribution >= 0.6 is 15.9 Å². The Balaban J connectivity index is 2.10. The van der Waals surface area contributed by atoms with E-state index in [9.17, 15) is 9.18 Å². The van der Waals surface area contributed by atoms with E-state index in [4.69, 9.17) is 0 Å². The molecule has 0 fully saturated rings. The molecule has 0 unspecified atom stereocenters. The maximum Gasteiger partial charge on any atom is 0.322 e. The van der Waals surface area contributed by atoms with E-state index in [1.54, 1.807) is 11.0 Å². The first-order chi connectivity index (χ1) is 11.4. The highest BCUT2D eigenvalue weighted by Crippen LogP contribution is 2.17. The summed E-state index contributed by atoms with van der Waals surface area (Å²) in [5, 5.41) is 2.89. The number of benzene rings is 2. The maximum atomic E-state index is 13.4. The molecular formula is C18H21BrFN3O. The van der Waals surface area contributed by atoms with E-state index in [0.29, 0.717) is 18.8 Å². The minimum Gasteiger partial charge on any atom is -0.319 e. The number of halogens is 2. The van der Waals surface area contributed by atoms with Crippen LogP contribution in [0.25, 0.3) is 0 Å². The fourth-order valence-corrected chi connectivity index (χ4v) is 2.60. The number of nitrogens with zero attached hydrogens (tertiary/aromatic N) is 2. The number of amides is 2. The van der Waals surface area contributed by atoms with Gasteiger partial charge in [-0.1, -0.05) is 34.1 Å². The van der Waals surface area contributed by atoms with E-state index >= 15 is 0 Å². The third-order valence-electron chi connectivity index (χ3n) is 3.44. The molecule has 2 aromatic rings. The van der Waals surface area contributed by atoms with Gasteiger partial charge >= 0.3 is 6.03 Å². The van der Waals surface area contributed by atoms with Crippen molar-refractivity contribution in [1.29, 1.82) is 0 Å². The van der Waals surface area contributed by atoms with Gasteiger partial charge in [0.25, 0.3) is 0 Å². The van der Waals surface area contributed by atoms with E-state index in [0.717, 1.165) is 16.6 Å². The smallest absolute Gasteiger partial charge is 0.319 e. The zero-order chi connectivity index (χ0) is 17.5. The van der Waals surface area contributed by atoms with E-state index in [-0.39, 0.29) is 11.8 Å². The maximum absolute atomic E-state index is 13.4. The Bertz CT molecular complexity index is 693. The molecule has 0 radical (unpaired) electrons. The number of urea groups is 1. The summed E-state index contributed by atoms with van der Waals surface area (Å²) >= 11 is 3.39. The van der Waals surface area contributed by atoms with Gasteiger partial charge in [-0.25, -0.2) is 9.18 Å². The highest BCUT2D eigenvalue weighted by atomic mass is 79.9. The standard InChI is InChI=1S/C18H21BrFN3O/c1-22(2)9-10-23(13-14-5-3-7-16(20)11-14)18(24)21-17-8-4-6-15(19)12-17/h3-8,11-12H,9-10,13H2,1-2H3,(H,21,24). The summed E-state index contributed by atoms with van der Waals surface area (Å²) < 4.78 is 14.3. The summed E-state index contributed by atoms with van der Waals surface area (Å²) in [6.07, 6.45) is 0. The van der Waals surface area contributed by atoms with Crippen molar-refractivity contribution in [3.05, 3.63) is 64.4 Å². The van der Waals surface area contributed by atoms with Gasteiger partial charge in [0.2, 0.25) is 0 Å². The zero-order valence-corrected chi connectivity index (χ0v) is 15.4. The third kappa shape index (κ3) is 5.94. The van der Waals surface area contributed by atoms with Crippen LogP contribution in [-0.4, -0.2) is 43.0 Å². The first-order valence-electron chi connectivity index (χ1n) is 7.65. The molecule has 0 aromatic heterocycles. The lowest BCUT2D eigenvalue weighted by atomic mass is 10.2. The predicted molar refractivity (Wildman–Crippen MR) is 98.5 cm³/mol. The van der Waals surface area contributed by atoms with Crippen molar-refractivity contribution >= 4 is 27.6 Å². The molecule has 2 amide bonds. The Morgan fingerprint density at radius 3 is 2.54 bits per heavy atom. The molecule has 0 aliphatic carbocycles. The van der Waals surface area contributed by atoms with Crippen molar-refractivity contribution in [3.63, 3.8) is 0 Å². The van der Waals surface area contributed by atoms with Crippen molar-refractivity contribution in [2.45, 2.75) is 6.54 Å². The van der Waals surface area contributed by atoms with E-state index in [2.05, 4.69) is 21.2 Å². The molecule has 2 rings (SSSR count). The van der Waals surface area contributed by atoms with E-state index in [1.807, 2.05) is 49.3 Å². The molecule has 0 bridgehead atoms. The van der Waals surface area contributed by atoms with Crippen molar-refractivity contribution < 1.29 is 9.18 Å². The molecule has 0 saturated heterocycles. The first kappa shape index (κ1) is 18.4. The molecule has 0 atom stereocenters. The molecule has 24 heavy (non-hydrogen) atoms. The second kappa shape index (κ2) is 8.80. The third-order valence-corrected chi connectivity index (χ3v) is 3.94. The van der Waals surface area contributed by atoms with Gasteiger partial charge in [0.1, 0.15) is 5.82 Å². The van der Waals surface area contributed by atoms with Crippen LogP contribution in [0, 0.1) is 5.82 Å². The number of hydrogen-bond donors (Lipinski definition) is 1. The number of rotatable bonds is 6. The molecule has 6 heteroatoms. The largest absolute Gasteiger partial charge is 0.322 e. The SMILES string of the molecule is CN(C)CCN(Cc1cccc(F)c1)C(=O)Nc1cccc(Br)c1. The lowest BCUT2D eigenvalue weighted by Crippen LogP contribution is -2.39. The van der Waals surface area contributed by atoms with Crippen LogP contribution in [0.1, 0.15) is 5.56 Å². The molecule has 128 valence electrons. The zero-order valence-electron chi connectivity index (χ0n) is 13.8. The first-order valence-corrected chi connectivity index (χ1v) is 8.44. The molecule has 0 spiro atoms. The number of carbonyl (C=O) groups excluding carboxylic acids is 1. The highest BCUT2D eigenvalue weighted by molar-refractivity contribution is 9.10. The van der Waals surface area contributed by atoms with Crippen molar-refractivity contribution in [2.24, 2.45) is 0 Å². The molecule has 0 aliphatic heterocycles. The second-order valence-corrected chi connectivity index (χ2v) is 6.71.